The van der Waals surface area contributed by atoms with Gasteiger partial charge in [-0.2, -0.15) is 0 Å². The van der Waals surface area contributed by atoms with Crippen molar-refractivity contribution in [3.63, 3.8) is 0 Å². The Hall–Kier alpha value is -5.55. The van der Waals surface area contributed by atoms with Crippen molar-refractivity contribution in [2.75, 3.05) is 19.0 Å². The van der Waals surface area contributed by atoms with Gasteiger partial charge in [-0.1, -0.05) is 44.2 Å². The SMILES string of the molecule is COc1ccc(-c2cc(C)c(C(=O)N[C@H](CO)CC(C)C)cc2C(=O)OCc2ccccc2)c(C(=O)Nc2ccc(C(=N)N)cc2)n1. The molecular weight excluding hydrogens is 598 g/mol. The lowest BCUT2D eigenvalue weighted by Gasteiger charge is -2.20. The van der Waals surface area contributed by atoms with Crippen LogP contribution in [0, 0.1) is 18.3 Å². The second-order valence-electron chi connectivity index (χ2n) is 11.5. The molecule has 0 aliphatic heterocycles. The van der Waals surface area contributed by atoms with E-state index in [0.717, 1.165) is 5.56 Å². The maximum atomic E-state index is 13.7. The topological polar surface area (TPSA) is 177 Å². The average molecular weight is 638 g/mol. The molecule has 1 atom stereocenters. The van der Waals surface area contributed by atoms with Crippen LogP contribution < -0.4 is 21.1 Å². The third kappa shape index (κ3) is 8.80. The Morgan fingerprint density at radius 3 is 2.26 bits per heavy atom. The lowest BCUT2D eigenvalue weighted by molar-refractivity contribution is 0.0473. The van der Waals surface area contributed by atoms with Gasteiger partial charge in [-0.05, 0) is 78.4 Å². The average Bonchev–Trinajstić information content (AvgIpc) is 3.06. The molecule has 0 saturated carbocycles. The van der Waals surface area contributed by atoms with Crippen LogP contribution in [0.25, 0.3) is 11.1 Å². The summed E-state index contributed by atoms with van der Waals surface area (Å²) in [7, 11) is 1.42. The normalized spacial score (nSPS) is 11.4. The van der Waals surface area contributed by atoms with Crippen molar-refractivity contribution in [1.29, 1.82) is 5.41 Å². The number of aliphatic hydroxyl groups excluding tert-OH is 1. The van der Waals surface area contributed by atoms with E-state index in [9.17, 15) is 19.5 Å². The molecule has 244 valence electrons. The molecule has 0 aliphatic rings. The van der Waals surface area contributed by atoms with E-state index >= 15 is 0 Å². The fourth-order valence-electron chi connectivity index (χ4n) is 5.03. The van der Waals surface area contributed by atoms with E-state index < -0.39 is 23.8 Å². The molecule has 11 nitrogen and oxygen atoms in total. The molecule has 1 aromatic heterocycles. The Balaban J connectivity index is 1.79. The predicted octanol–water partition coefficient (Wildman–Crippen LogP) is 5.10. The highest BCUT2D eigenvalue weighted by Gasteiger charge is 2.26. The van der Waals surface area contributed by atoms with Crippen LogP contribution in [0.2, 0.25) is 0 Å². The molecule has 47 heavy (non-hydrogen) atoms. The number of carbonyl (C=O) groups is 3. The van der Waals surface area contributed by atoms with Gasteiger partial charge in [0.15, 0.2) is 0 Å². The van der Waals surface area contributed by atoms with Gasteiger partial charge in [0.05, 0.1) is 25.3 Å². The number of hydrogen-bond donors (Lipinski definition) is 5. The number of methoxy groups -OCH3 is 1. The van der Waals surface area contributed by atoms with Crippen LogP contribution in [0.3, 0.4) is 0 Å². The molecule has 0 fully saturated rings. The number of benzene rings is 3. The summed E-state index contributed by atoms with van der Waals surface area (Å²) in [4.78, 5) is 45.3. The van der Waals surface area contributed by atoms with Crippen LogP contribution in [0.5, 0.6) is 5.88 Å². The number of carbonyl (C=O) groups excluding carboxylic acids is 3. The van der Waals surface area contributed by atoms with E-state index in [2.05, 4.69) is 15.6 Å². The van der Waals surface area contributed by atoms with Crippen LogP contribution >= 0.6 is 0 Å². The number of aliphatic hydroxyl groups is 1. The monoisotopic (exact) mass is 637 g/mol. The Morgan fingerprint density at radius 2 is 1.64 bits per heavy atom. The van der Waals surface area contributed by atoms with Gasteiger partial charge in [0.25, 0.3) is 11.8 Å². The minimum absolute atomic E-state index is 0.0139. The highest BCUT2D eigenvalue weighted by molar-refractivity contribution is 6.10. The van der Waals surface area contributed by atoms with Crippen LogP contribution in [-0.4, -0.2) is 53.5 Å². The third-order valence-electron chi connectivity index (χ3n) is 7.39. The van der Waals surface area contributed by atoms with Crippen molar-refractivity contribution in [3.8, 4) is 17.0 Å². The summed E-state index contributed by atoms with van der Waals surface area (Å²) in [5.41, 5.74) is 8.65. The van der Waals surface area contributed by atoms with Gasteiger partial charge in [0.1, 0.15) is 18.1 Å². The molecule has 0 aliphatic carbocycles. The molecule has 0 unspecified atom stereocenters. The van der Waals surface area contributed by atoms with E-state index in [1.165, 1.54) is 13.2 Å². The molecular formula is C36H39N5O6. The zero-order valence-electron chi connectivity index (χ0n) is 26.8. The fraction of sp³-hybridized carbons (Fsp3) is 0.250. The molecule has 1 heterocycles. The van der Waals surface area contributed by atoms with Crippen molar-refractivity contribution < 1.29 is 29.0 Å². The molecule has 0 bridgehead atoms. The van der Waals surface area contributed by atoms with E-state index in [1.54, 1.807) is 49.4 Å². The molecule has 4 aromatic rings. The number of anilines is 1. The predicted molar refractivity (Wildman–Crippen MR) is 180 cm³/mol. The van der Waals surface area contributed by atoms with Crippen LogP contribution in [0.15, 0.2) is 78.9 Å². The number of nitrogens with two attached hydrogens (primary N) is 1. The van der Waals surface area contributed by atoms with Crippen molar-refractivity contribution in [2.24, 2.45) is 11.7 Å². The van der Waals surface area contributed by atoms with Gasteiger partial charge in [0.2, 0.25) is 5.88 Å². The first-order valence-corrected chi connectivity index (χ1v) is 15.1. The lowest BCUT2D eigenvalue weighted by Crippen LogP contribution is -2.38. The van der Waals surface area contributed by atoms with Gasteiger partial charge in [-0.15, -0.1) is 0 Å². The summed E-state index contributed by atoms with van der Waals surface area (Å²) < 4.78 is 11.0. The Kier molecular flexibility index (Phi) is 11.4. The van der Waals surface area contributed by atoms with Gasteiger partial charge in [-0.3, -0.25) is 15.0 Å². The van der Waals surface area contributed by atoms with Crippen molar-refractivity contribution in [3.05, 3.63) is 112 Å². The molecule has 4 rings (SSSR count). The zero-order valence-corrected chi connectivity index (χ0v) is 26.8. The van der Waals surface area contributed by atoms with Crippen LogP contribution in [0.1, 0.15) is 68.2 Å². The second-order valence-corrected chi connectivity index (χ2v) is 11.5. The first-order chi connectivity index (χ1) is 22.5. The van der Waals surface area contributed by atoms with E-state index in [0.29, 0.717) is 34.4 Å². The van der Waals surface area contributed by atoms with E-state index in [4.69, 9.17) is 20.6 Å². The third-order valence-corrected chi connectivity index (χ3v) is 7.39. The second kappa shape index (κ2) is 15.6. The first kappa shape index (κ1) is 34.3. The number of pyridine rings is 1. The number of nitrogens with one attached hydrogen (secondary N) is 3. The zero-order chi connectivity index (χ0) is 34.1. The van der Waals surface area contributed by atoms with Crippen LogP contribution in [-0.2, 0) is 11.3 Å². The number of nitrogens with zero attached hydrogens (tertiary/aromatic N) is 1. The summed E-state index contributed by atoms with van der Waals surface area (Å²) in [6.07, 6.45) is 0.568. The largest absolute Gasteiger partial charge is 0.481 e. The number of amides is 2. The minimum atomic E-state index is -0.708. The van der Waals surface area contributed by atoms with E-state index in [-0.39, 0.29) is 47.7 Å². The molecule has 0 radical (unpaired) electrons. The molecule has 6 N–H and O–H groups in total. The fourth-order valence-corrected chi connectivity index (χ4v) is 5.03. The number of aryl methyl sites for hydroxylation is 1. The highest BCUT2D eigenvalue weighted by atomic mass is 16.5. The number of nitrogen functional groups attached to an aromatic ring is 1. The maximum absolute atomic E-state index is 13.7. The van der Waals surface area contributed by atoms with Crippen molar-refractivity contribution >= 4 is 29.3 Å². The standard InChI is InChI=1S/C36H39N5O6/c1-21(2)16-26(19-42)40-34(43)28-18-30(36(45)47-20-23-8-6-5-7-9-23)29(17-22(28)3)27-14-15-31(46-4)41-32(27)35(44)39-25-12-10-24(11-13-25)33(37)38/h5-15,17-18,21,26,42H,16,19-20H2,1-4H3,(H3,37,38)(H,39,44)(H,40,43)/t26-/m0/s1. The van der Waals surface area contributed by atoms with Gasteiger partial charge < -0.3 is 30.9 Å². The summed E-state index contributed by atoms with van der Waals surface area (Å²) in [5.74, 6) is -1.44. The van der Waals surface area contributed by atoms with Crippen molar-refractivity contribution in [2.45, 2.75) is 39.8 Å². The summed E-state index contributed by atoms with van der Waals surface area (Å²) in [6.45, 7) is 5.46. The number of amidine groups is 1. The summed E-state index contributed by atoms with van der Waals surface area (Å²) >= 11 is 0. The number of rotatable bonds is 13. The quantitative estimate of drug-likeness (QED) is 0.0764. The van der Waals surface area contributed by atoms with Crippen molar-refractivity contribution in [1.82, 2.24) is 10.3 Å². The first-order valence-electron chi connectivity index (χ1n) is 15.1. The number of ether oxygens (including phenoxy) is 2. The number of hydrogen-bond acceptors (Lipinski definition) is 8. The number of aromatic nitrogens is 1. The molecule has 3 aromatic carbocycles. The maximum Gasteiger partial charge on any atom is 0.339 e. The lowest BCUT2D eigenvalue weighted by atomic mass is 9.92. The Morgan fingerprint density at radius 1 is 0.936 bits per heavy atom. The molecule has 0 saturated heterocycles. The molecule has 11 heteroatoms. The van der Waals surface area contributed by atoms with Gasteiger partial charge >= 0.3 is 5.97 Å². The summed E-state index contributed by atoms with van der Waals surface area (Å²) in [5, 5.41) is 23.1. The Bertz CT molecular complexity index is 1760. The van der Waals surface area contributed by atoms with Gasteiger partial charge in [0, 0.05) is 28.4 Å². The highest BCUT2D eigenvalue weighted by Crippen LogP contribution is 2.32. The summed E-state index contributed by atoms with van der Waals surface area (Å²) in [6, 6.07) is 21.4. The molecule has 2 amide bonds. The van der Waals surface area contributed by atoms with E-state index in [1.807, 2.05) is 44.2 Å². The minimum Gasteiger partial charge on any atom is -0.481 e. The number of esters is 1. The smallest absolute Gasteiger partial charge is 0.339 e. The Labute approximate surface area is 273 Å². The van der Waals surface area contributed by atoms with Gasteiger partial charge in [-0.25, -0.2) is 9.78 Å². The van der Waals surface area contributed by atoms with Crippen LogP contribution in [0.4, 0.5) is 5.69 Å². The molecule has 0 spiro atoms.